The first-order valence-electron chi connectivity index (χ1n) is 5.28. The minimum Gasteiger partial charge on any atom is -0.492 e. The molecule has 5 heteroatoms. The van der Waals surface area contributed by atoms with Crippen LogP contribution in [0.5, 0.6) is 5.75 Å². The molecule has 0 aliphatic rings. The number of hydrogen-bond acceptors (Lipinski definition) is 4. The van der Waals surface area contributed by atoms with Crippen molar-refractivity contribution in [3.63, 3.8) is 0 Å². The summed E-state index contributed by atoms with van der Waals surface area (Å²) in [6.45, 7) is 0.948. The third-order valence-corrected chi connectivity index (χ3v) is 2.20. The van der Waals surface area contributed by atoms with E-state index < -0.39 is 0 Å². The number of ether oxygens (including phenoxy) is 1. The first kappa shape index (κ1) is 11.3. The van der Waals surface area contributed by atoms with Gasteiger partial charge in [0.05, 0.1) is 5.69 Å². The first-order valence-corrected chi connectivity index (χ1v) is 5.28. The summed E-state index contributed by atoms with van der Waals surface area (Å²) in [6.07, 6.45) is 0. The summed E-state index contributed by atoms with van der Waals surface area (Å²) in [6, 6.07) is 10.6. The van der Waals surface area contributed by atoms with Gasteiger partial charge in [-0.3, -0.25) is 4.79 Å². The van der Waals surface area contributed by atoms with Gasteiger partial charge in [0.25, 0.3) is 5.56 Å². The lowest BCUT2D eigenvalue weighted by molar-refractivity contribution is 0.328. The quantitative estimate of drug-likeness (QED) is 0.814. The number of aromatic nitrogens is 2. The number of nitrogens with one attached hydrogen (secondary N) is 1. The maximum atomic E-state index is 10.9. The number of nitrogens with zero attached hydrogens (tertiary/aromatic N) is 1. The van der Waals surface area contributed by atoms with Crippen molar-refractivity contribution < 1.29 is 4.74 Å². The standard InChI is InChI=1S/C12H13N3O2/c13-6-7-17-10-3-1-2-9(8-10)11-4-5-12(16)15-14-11/h1-5,8H,6-7,13H2,(H,15,16). The molecule has 0 saturated carbocycles. The molecule has 0 aliphatic carbocycles. The van der Waals surface area contributed by atoms with Crippen molar-refractivity contribution in [3.8, 4) is 17.0 Å². The fourth-order valence-corrected chi connectivity index (χ4v) is 1.43. The monoisotopic (exact) mass is 231 g/mol. The Morgan fingerprint density at radius 1 is 1.29 bits per heavy atom. The van der Waals surface area contributed by atoms with Crippen molar-refractivity contribution >= 4 is 0 Å². The lowest BCUT2D eigenvalue weighted by Gasteiger charge is -2.06. The SMILES string of the molecule is NCCOc1cccc(-c2ccc(=O)[nH]n2)c1. The number of aromatic amines is 1. The van der Waals surface area contributed by atoms with Gasteiger partial charge < -0.3 is 10.5 Å². The molecule has 2 rings (SSSR count). The fourth-order valence-electron chi connectivity index (χ4n) is 1.43. The zero-order valence-electron chi connectivity index (χ0n) is 9.22. The van der Waals surface area contributed by atoms with Crippen LogP contribution in [0.2, 0.25) is 0 Å². The van der Waals surface area contributed by atoms with Crippen molar-refractivity contribution in [2.24, 2.45) is 5.73 Å². The van der Waals surface area contributed by atoms with Crippen molar-refractivity contribution in [2.75, 3.05) is 13.2 Å². The molecule has 0 spiro atoms. The van der Waals surface area contributed by atoms with Gasteiger partial charge in [0.1, 0.15) is 12.4 Å². The van der Waals surface area contributed by atoms with Crippen LogP contribution in [0.3, 0.4) is 0 Å². The van der Waals surface area contributed by atoms with Crippen LogP contribution in [0.4, 0.5) is 0 Å². The van der Waals surface area contributed by atoms with E-state index in [0.717, 1.165) is 11.3 Å². The highest BCUT2D eigenvalue weighted by Gasteiger charge is 2.01. The molecule has 5 nitrogen and oxygen atoms in total. The zero-order valence-corrected chi connectivity index (χ0v) is 9.22. The number of benzene rings is 1. The molecular formula is C12H13N3O2. The summed E-state index contributed by atoms with van der Waals surface area (Å²) in [7, 11) is 0. The largest absolute Gasteiger partial charge is 0.492 e. The average molecular weight is 231 g/mol. The van der Waals surface area contributed by atoms with Gasteiger partial charge in [0, 0.05) is 18.2 Å². The minimum atomic E-state index is -0.218. The molecule has 0 aliphatic heterocycles. The molecule has 1 heterocycles. The Kier molecular flexibility index (Phi) is 3.52. The molecule has 88 valence electrons. The van der Waals surface area contributed by atoms with Crippen molar-refractivity contribution in [1.29, 1.82) is 0 Å². The highest BCUT2D eigenvalue weighted by Crippen LogP contribution is 2.20. The minimum absolute atomic E-state index is 0.218. The Bertz CT molecular complexity index is 531. The maximum Gasteiger partial charge on any atom is 0.264 e. The van der Waals surface area contributed by atoms with Gasteiger partial charge in [-0.2, -0.15) is 5.10 Å². The second kappa shape index (κ2) is 5.27. The van der Waals surface area contributed by atoms with Crippen LogP contribution in [-0.4, -0.2) is 23.3 Å². The molecule has 0 unspecified atom stereocenters. The van der Waals surface area contributed by atoms with E-state index in [1.54, 1.807) is 6.07 Å². The van der Waals surface area contributed by atoms with Crippen LogP contribution in [0.1, 0.15) is 0 Å². The topological polar surface area (TPSA) is 81.0 Å². The summed E-state index contributed by atoms with van der Waals surface area (Å²) < 4.78 is 5.42. The molecule has 0 amide bonds. The molecular weight excluding hydrogens is 218 g/mol. The van der Waals surface area contributed by atoms with Gasteiger partial charge in [-0.15, -0.1) is 0 Å². The Morgan fingerprint density at radius 3 is 2.88 bits per heavy atom. The van der Waals surface area contributed by atoms with E-state index in [1.165, 1.54) is 6.07 Å². The molecule has 1 aromatic heterocycles. The van der Waals surface area contributed by atoms with Gasteiger partial charge in [0.15, 0.2) is 0 Å². The number of rotatable bonds is 4. The molecule has 0 atom stereocenters. The zero-order chi connectivity index (χ0) is 12.1. The third kappa shape index (κ3) is 2.92. The van der Waals surface area contributed by atoms with Gasteiger partial charge in [-0.05, 0) is 18.2 Å². The maximum absolute atomic E-state index is 10.9. The molecule has 3 N–H and O–H groups in total. The van der Waals surface area contributed by atoms with Crippen LogP contribution in [0, 0.1) is 0 Å². The summed E-state index contributed by atoms with van der Waals surface area (Å²) in [5, 5.41) is 6.35. The molecule has 0 bridgehead atoms. The number of H-pyrrole nitrogens is 1. The van der Waals surface area contributed by atoms with Gasteiger partial charge in [0.2, 0.25) is 0 Å². The number of nitrogens with two attached hydrogens (primary N) is 1. The highest BCUT2D eigenvalue weighted by molar-refractivity contribution is 5.60. The van der Waals surface area contributed by atoms with Crippen LogP contribution in [0.25, 0.3) is 11.3 Å². The van der Waals surface area contributed by atoms with Crippen molar-refractivity contribution in [2.45, 2.75) is 0 Å². The fraction of sp³-hybridized carbons (Fsp3) is 0.167. The molecule has 0 saturated heterocycles. The molecule has 17 heavy (non-hydrogen) atoms. The van der Waals surface area contributed by atoms with Crippen LogP contribution in [0.15, 0.2) is 41.2 Å². The molecule has 2 aromatic rings. The van der Waals surface area contributed by atoms with Crippen LogP contribution < -0.4 is 16.0 Å². The van der Waals surface area contributed by atoms with Crippen molar-refractivity contribution in [1.82, 2.24) is 10.2 Å². The lowest BCUT2D eigenvalue weighted by Crippen LogP contribution is -2.10. The predicted molar refractivity (Wildman–Crippen MR) is 64.8 cm³/mol. The van der Waals surface area contributed by atoms with E-state index in [9.17, 15) is 4.79 Å². The number of hydrogen-bond donors (Lipinski definition) is 2. The van der Waals surface area contributed by atoms with E-state index >= 15 is 0 Å². The normalized spacial score (nSPS) is 10.2. The van der Waals surface area contributed by atoms with Crippen molar-refractivity contribution in [3.05, 3.63) is 46.8 Å². The van der Waals surface area contributed by atoms with Gasteiger partial charge in [-0.25, -0.2) is 5.10 Å². The Morgan fingerprint density at radius 2 is 2.18 bits per heavy atom. The van der Waals surface area contributed by atoms with Crippen LogP contribution >= 0.6 is 0 Å². The summed E-state index contributed by atoms with van der Waals surface area (Å²) in [4.78, 5) is 10.9. The van der Waals surface area contributed by atoms with E-state index in [1.807, 2.05) is 24.3 Å². The average Bonchev–Trinajstić information content (AvgIpc) is 2.37. The Balaban J connectivity index is 2.26. The summed E-state index contributed by atoms with van der Waals surface area (Å²) in [5.41, 5.74) is 6.73. The van der Waals surface area contributed by atoms with Gasteiger partial charge >= 0.3 is 0 Å². The van der Waals surface area contributed by atoms with E-state index in [4.69, 9.17) is 10.5 Å². The highest BCUT2D eigenvalue weighted by atomic mass is 16.5. The van der Waals surface area contributed by atoms with Crippen LogP contribution in [-0.2, 0) is 0 Å². The molecule has 1 aromatic carbocycles. The molecule has 0 radical (unpaired) electrons. The van der Waals surface area contributed by atoms with E-state index in [-0.39, 0.29) is 5.56 Å². The molecule has 0 fully saturated rings. The summed E-state index contributed by atoms with van der Waals surface area (Å²) >= 11 is 0. The Labute approximate surface area is 98.2 Å². The predicted octanol–water partition coefficient (Wildman–Crippen LogP) is 0.774. The third-order valence-electron chi connectivity index (χ3n) is 2.20. The summed E-state index contributed by atoms with van der Waals surface area (Å²) in [5.74, 6) is 0.737. The first-order chi connectivity index (χ1) is 8.29. The Hall–Kier alpha value is -2.14. The lowest BCUT2D eigenvalue weighted by atomic mass is 10.1. The van der Waals surface area contributed by atoms with Gasteiger partial charge in [-0.1, -0.05) is 12.1 Å². The smallest absolute Gasteiger partial charge is 0.264 e. The van der Waals surface area contributed by atoms with E-state index in [0.29, 0.717) is 18.8 Å². The second-order valence-corrected chi connectivity index (χ2v) is 3.47. The second-order valence-electron chi connectivity index (χ2n) is 3.47. The van der Waals surface area contributed by atoms with E-state index in [2.05, 4.69) is 10.2 Å².